The van der Waals surface area contributed by atoms with Gasteiger partial charge in [-0.2, -0.15) is 0 Å². The van der Waals surface area contributed by atoms with Gasteiger partial charge in [0.05, 0.1) is 6.10 Å². The lowest BCUT2D eigenvalue weighted by Crippen LogP contribution is -2.66. The minimum atomic E-state index is -1.76. The molecule has 22 heteroatoms. The van der Waals surface area contributed by atoms with Gasteiger partial charge in [-0.15, -0.1) is 0 Å². The molecule has 0 aromatic heterocycles. The Morgan fingerprint density at radius 3 is 1.61 bits per heavy atom. The standard InChI is InChI=1S/C55H99N11O11/c1-19-34(10)20-21-42(68)66-29-35(11)27-40(66)48(73)60-37(24-30(2)3)46(71)62-43(44(69)33(8)9)49(74)64-54(15,16)51(76)61-38(25-31(4)5)45(70)59-39(26-32(6)7)47(72)63-55(17,18)52(77)65-53(13,14)50(75)57-23-22-41(67)58-36(12)28-56/h20-21,30-40,43-44,69H,19,22-29,56H2,1-18H3,(H,57,75)(H,58,67)(H,59,70)(H,60,73)(H,61,76)(H,62,71)(H,63,72)(H,64,74)(H,65,77)/b21-20+/t34-,35?,36?,37?,38?,39?,40?,43?,44?/m1/s1. The van der Waals surface area contributed by atoms with E-state index in [1.165, 1.54) is 52.5 Å². The van der Waals surface area contributed by atoms with Crippen LogP contribution in [0, 0.1) is 35.5 Å². The number of nitrogens with one attached hydrogen (secondary N) is 9. The van der Waals surface area contributed by atoms with E-state index in [2.05, 4.69) is 47.9 Å². The van der Waals surface area contributed by atoms with Gasteiger partial charge in [0.2, 0.25) is 59.1 Å². The maximum absolute atomic E-state index is 14.2. The highest BCUT2D eigenvalue weighted by molar-refractivity contribution is 6.00. The number of hydrogen-bond acceptors (Lipinski definition) is 12. The predicted molar refractivity (Wildman–Crippen MR) is 296 cm³/mol. The number of amides is 10. The number of aliphatic hydroxyl groups is 1. The first kappa shape index (κ1) is 69.4. The maximum atomic E-state index is 14.2. The molecule has 1 saturated heterocycles. The zero-order chi connectivity index (χ0) is 59.5. The summed E-state index contributed by atoms with van der Waals surface area (Å²) in [7, 11) is 0. The summed E-state index contributed by atoms with van der Waals surface area (Å²) >= 11 is 0. The van der Waals surface area contributed by atoms with E-state index in [9.17, 15) is 53.1 Å². The van der Waals surface area contributed by atoms with Crippen LogP contribution in [0.3, 0.4) is 0 Å². The second-order valence-corrected chi connectivity index (χ2v) is 24.4. The normalized spacial score (nSPS) is 17.9. The van der Waals surface area contributed by atoms with Crippen LogP contribution in [0.15, 0.2) is 12.2 Å². The molecule has 22 nitrogen and oxygen atoms in total. The third kappa shape index (κ3) is 23.5. The van der Waals surface area contributed by atoms with Crippen LogP contribution in [0.1, 0.15) is 163 Å². The molecule has 1 aliphatic rings. The van der Waals surface area contributed by atoms with Crippen molar-refractivity contribution >= 4 is 59.1 Å². The number of carbonyl (C=O) groups is 10. The highest BCUT2D eigenvalue weighted by Crippen LogP contribution is 2.25. The molecule has 1 fully saturated rings. The first-order valence-electron chi connectivity index (χ1n) is 27.5. The quantitative estimate of drug-likeness (QED) is 0.0441. The molecule has 0 spiro atoms. The molecular weight excluding hydrogens is 991 g/mol. The van der Waals surface area contributed by atoms with Gasteiger partial charge in [0.25, 0.3) is 0 Å². The fourth-order valence-electron chi connectivity index (χ4n) is 8.26. The molecule has 77 heavy (non-hydrogen) atoms. The number of nitrogens with zero attached hydrogens (tertiary/aromatic N) is 1. The molecule has 0 saturated carbocycles. The van der Waals surface area contributed by atoms with Gasteiger partial charge < -0.3 is 63.6 Å². The highest BCUT2D eigenvalue weighted by Gasteiger charge is 2.43. The van der Waals surface area contributed by atoms with Crippen molar-refractivity contribution < 1.29 is 53.1 Å². The van der Waals surface area contributed by atoms with Crippen LogP contribution < -0.4 is 53.6 Å². The number of nitrogens with two attached hydrogens (primary N) is 1. The molecule has 1 aliphatic heterocycles. The largest absolute Gasteiger partial charge is 0.390 e. The van der Waals surface area contributed by atoms with E-state index in [1.54, 1.807) is 20.8 Å². The van der Waals surface area contributed by atoms with Gasteiger partial charge in [-0.3, -0.25) is 47.9 Å². The lowest BCUT2D eigenvalue weighted by atomic mass is 9.95. The van der Waals surface area contributed by atoms with Crippen molar-refractivity contribution in [2.24, 2.45) is 41.2 Å². The Hall–Kier alpha value is -5.64. The Balaban J connectivity index is 3.30. The number of rotatable bonds is 31. The van der Waals surface area contributed by atoms with Crippen LogP contribution in [0.2, 0.25) is 0 Å². The van der Waals surface area contributed by atoms with Gasteiger partial charge >= 0.3 is 0 Å². The molecule has 0 aromatic carbocycles. The zero-order valence-electron chi connectivity index (χ0n) is 49.6. The summed E-state index contributed by atoms with van der Waals surface area (Å²) in [6.45, 7) is 31.2. The van der Waals surface area contributed by atoms with Gasteiger partial charge in [-0.05, 0) is 116 Å². The van der Waals surface area contributed by atoms with Gasteiger partial charge in [0.1, 0.15) is 46.8 Å². The summed E-state index contributed by atoms with van der Waals surface area (Å²) in [6.07, 6.45) is 3.44. The molecule has 0 radical (unpaired) electrons. The molecule has 10 amide bonds. The van der Waals surface area contributed by atoms with Crippen LogP contribution in [0.4, 0.5) is 0 Å². The molecule has 9 atom stereocenters. The summed E-state index contributed by atoms with van der Waals surface area (Å²) in [5.74, 6) is -7.11. The van der Waals surface area contributed by atoms with E-state index in [0.29, 0.717) is 13.0 Å². The lowest BCUT2D eigenvalue weighted by Gasteiger charge is -2.34. The van der Waals surface area contributed by atoms with E-state index in [0.717, 1.165) is 6.42 Å². The SMILES string of the molecule is CC[C@@H](C)/C=C/C(=O)N1CC(C)CC1C(=O)NC(CC(C)C)C(=O)NC(C(=O)NC(C)(C)C(=O)NC(CC(C)C)C(=O)NC(CC(C)C)C(=O)NC(C)(C)C(=O)NC(C)(C)C(=O)NCCC(=O)NC(C)CN)C(O)C(C)C. The molecule has 8 unspecified atom stereocenters. The molecule has 0 aromatic rings. The fraction of sp³-hybridized carbons (Fsp3) is 0.782. The summed E-state index contributed by atoms with van der Waals surface area (Å²) < 4.78 is 0. The van der Waals surface area contributed by atoms with Crippen molar-refractivity contribution in [3.05, 3.63) is 12.2 Å². The lowest BCUT2D eigenvalue weighted by molar-refractivity contribution is -0.140. The van der Waals surface area contributed by atoms with Crippen LogP contribution in [0.25, 0.3) is 0 Å². The van der Waals surface area contributed by atoms with Crippen molar-refractivity contribution in [2.45, 2.75) is 222 Å². The minimum absolute atomic E-state index is 0.00338. The average Bonchev–Trinajstić information content (AvgIpc) is 3.71. The van der Waals surface area contributed by atoms with Crippen LogP contribution in [0.5, 0.6) is 0 Å². The molecule has 12 N–H and O–H groups in total. The predicted octanol–water partition coefficient (Wildman–Crippen LogP) is 1.57. The third-order valence-electron chi connectivity index (χ3n) is 13.3. The molecule has 0 bridgehead atoms. The second kappa shape index (κ2) is 31.1. The van der Waals surface area contributed by atoms with Gasteiger partial charge in [-0.25, -0.2) is 0 Å². The van der Waals surface area contributed by atoms with Crippen molar-refractivity contribution in [1.29, 1.82) is 0 Å². The average molecular weight is 1090 g/mol. The number of carbonyl (C=O) groups excluding carboxylic acids is 10. The smallest absolute Gasteiger partial charge is 0.246 e. The first-order valence-corrected chi connectivity index (χ1v) is 27.5. The Kier molecular flexibility index (Phi) is 28.0. The Morgan fingerprint density at radius 2 is 1.10 bits per heavy atom. The van der Waals surface area contributed by atoms with E-state index in [4.69, 9.17) is 5.73 Å². The molecular formula is C55H99N11O11. The molecule has 0 aliphatic carbocycles. The maximum Gasteiger partial charge on any atom is 0.246 e. The Bertz CT molecular complexity index is 2070. The summed E-state index contributed by atoms with van der Waals surface area (Å²) in [5.41, 5.74) is 0.719. The number of likely N-dealkylation sites (tertiary alicyclic amines) is 1. The van der Waals surface area contributed by atoms with Gasteiger partial charge in [-0.1, -0.05) is 88.7 Å². The number of aliphatic hydroxyl groups excluding tert-OH is 1. The van der Waals surface area contributed by atoms with Gasteiger partial charge in [0.15, 0.2) is 0 Å². The Labute approximate surface area is 458 Å². The van der Waals surface area contributed by atoms with Crippen LogP contribution >= 0.6 is 0 Å². The van der Waals surface area contributed by atoms with E-state index >= 15 is 0 Å². The van der Waals surface area contributed by atoms with Crippen molar-refractivity contribution in [2.75, 3.05) is 19.6 Å². The summed E-state index contributed by atoms with van der Waals surface area (Å²) in [5, 5.41) is 35.6. The van der Waals surface area contributed by atoms with E-state index < -0.39 is 106 Å². The van der Waals surface area contributed by atoms with E-state index in [1.807, 2.05) is 68.4 Å². The second-order valence-electron chi connectivity index (χ2n) is 24.4. The number of hydrogen-bond donors (Lipinski definition) is 11. The third-order valence-corrected chi connectivity index (χ3v) is 13.3. The number of allylic oxidation sites excluding steroid dienone is 1. The van der Waals surface area contributed by atoms with Crippen molar-refractivity contribution in [3.63, 3.8) is 0 Å². The molecule has 440 valence electrons. The summed E-state index contributed by atoms with van der Waals surface area (Å²) in [6, 6.07) is -6.26. The van der Waals surface area contributed by atoms with Crippen molar-refractivity contribution in [3.8, 4) is 0 Å². The van der Waals surface area contributed by atoms with Gasteiger partial charge in [0, 0.05) is 32.1 Å². The topological polar surface area (TPSA) is 328 Å². The summed E-state index contributed by atoms with van der Waals surface area (Å²) in [4.78, 5) is 138. The monoisotopic (exact) mass is 1090 g/mol. The fourth-order valence-corrected chi connectivity index (χ4v) is 8.26. The first-order chi connectivity index (χ1) is 35.4. The molecule has 1 rings (SSSR count). The Morgan fingerprint density at radius 1 is 0.623 bits per heavy atom. The van der Waals surface area contributed by atoms with Crippen LogP contribution in [-0.4, -0.2) is 148 Å². The highest BCUT2D eigenvalue weighted by atomic mass is 16.3. The van der Waals surface area contributed by atoms with Crippen molar-refractivity contribution in [1.82, 2.24) is 52.8 Å². The molecule has 1 heterocycles. The minimum Gasteiger partial charge on any atom is -0.390 e. The zero-order valence-corrected chi connectivity index (χ0v) is 49.6. The van der Waals surface area contributed by atoms with Crippen LogP contribution in [-0.2, 0) is 47.9 Å². The van der Waals surface area contributed by atoms with E-state index in [-0.39, 0.29) is 86.2 Å².